The average Bonchev–Trinajstić information content (AvgIpc) is 2.71. The van der Waals surface area contributed by atoms with Crippen LogP contribution in [0, 0.1) is 0 Å². The Bertz CT molecular complexity index is 1080. The molecule has 0 fully saturated rings. The van der Waals surface area contributed by atoms with E-state index >= 15 is 0 Å². The lowest BCUT2D eigenvalue weighted by Crippen LogP contribution is -2.18. The molecule has 29 heavy (non-hydrogen) atoms. The van der Waals surface area contributed by atoms with Crippen LogP contribution in [0.5, 0.6) is 5.75 Å². The molecule has 0 aliphatic heterocycles. The summed E-state index contributed by atoms with van der Waals surface area (Å²) in [6.45, 7) is 0. The van der Waals surface area contributed by atoms with Crippen molar-refractivity contribution < 1.29 is 14.7 Å². The molecule has 0 radical (unpaired) electrons. The molecular weight excluding hydrogens is 458 g/mol. The number of phenolic OH excluding ortho intramolecular Hbond substituents is 1. The molecule has 0 spiro atoms. The number of hydrogen-bond acceptors (Lipinski definition) is 4. The van der Waals surface area contributed by atoms with Gasteiger partial charge in [0.25, 0.3) is 11.8 Å². The Morgan fingerprint density at radius 2 is 1.72 bits per heavy atom. The zero-order chi connectivity index (χ0) is 20.8. The molecule has 0 atom stereocenters. The smallest absolute Gasteiger partial charge is 0.271 e. The summed E-state index contributed by atoms with van der Waals surface area (Å²) < 4.78 is 0.771. The van der Waals surface area contributed by atoms with Crippen molar-refractivity contribution in [2.75, 3.05) is 5.32 Å². The Morgan fingerprint density at radius 3 is 2.48 bits per heavy atom. The van der Waals surface area contributed by atoms with Crippen molar-refractivity contribution in [2.45, 2.75) is 0 Å². The number of amides is 2. The quantitative estimate of drug-likeness (QED) is 0.367. The van der Waals surface area contributed by atoms with Crippen molar-refractivity contribution in [2.24, 2.45) is 5.10 Å². The molecule has 0 aliphatic rings. The number of aromatic hydroxyl groups is 1. The number of rotatable bonds is 5. The van der Waals surface area contributed by atoms with E-state index in [0.29, 0.717) is 27.4 Å². The second kappa shape index (κ2) is 9.36. The SMILES string of the molecule is O=C(N/N=C/c1cc(Br)ccc1O)c1cccc(NC(=O)c2ccc(Cl)cc2)c1. The van der Waals surface area contributed by atoms with Gasteiger partial charge in [-0.2, -0.15) is 5.10 Å². The predicted molar refractivity (Wildman–Crippen MR) is 117 cm³/mol. The Morgan fingerprint density at radius 1 is 0.966 bits per heavy atom. The summed E-state index contributed by atoms with van der Waals surface area (Å²) in [4.78, 5) is 24.6. The molecule has 2 amide bonds. The van der Waals surface area contributed by atoms with Crippen LogP contribution in [-0.4, -0.2) is 23.1 Å². The van der Waals surface area contributed by atoms with Gasteiger partial charge in [-0.15, -0.1) is 0 Å². The molecule has 0 bridgehead atoms. The Hall–Kier alpha value is -3.16. The minimum Gasteiger partial charge on any atom is -0.507 e. The first-order chi connectivity index (χ1) is 13.9. The van der Waals surface area contributed by atoms with Gasteiger partial charge in [-0.25, -0.2) is 5.43 Å². The summed E-state index contributed by atoms with van der Waals surface area (Å²) in [6.07, 6.45) is 1.34. The fourth-order valence-corrected chi connectivity index (χ4v) is 2.90. The van der Waals surface area contributed by atoms with Gasteiger partial charge >= 0.3 is 0 Å². The third kappa shape index (κ3) is 5.66. The number of hydrogen-bond donors (Lipinski definition) is 3. The summed E-state index contributed by atoms with van der Waals surface area (Å²) in [5, 5.41) is 16.9. The van der Waals surface area contributed by atoms with Gasteiger partial charge in [0.2, 0.25) is 0 Å². The molecule has 146 valence electrons. The molecule has 3 rings (SSSR count). The van der Waals surface area contributed by atoms with Gasteiger partial charge in [0.05, 0.1) is 6.21 Å². The van der Waals surface area contributed by atoms with Gasteiger partial charge in [0.1, 0.15) is 5.75 Å². The molecule has 8 heteroatoms. The van der Waals surface area contributed by atoms with Crippen LogP contribution in [0.15, 0.2) is 76.3 Å². The summed E-state index contributed by atoms with van der Waals surface area (Å²) in [5.74, 6) is -0.737. The fraction of sp³-hybridized carbons (Fsp3) is 0. The lowest BCUT2D eigenvalue weighted by molar-refractivity contribution is 0.0953. The van der Waals surface area contributed by atoms with Crippen LogP contribution in [-0.2, 0) is 0 Å². The molecule has 0 aliphatic carbocycles. The number of halogens is 2. The molecule has 3 aromatic rings. The van der Waals surface area contributed by atoms with Crippen LogP contribution in [0.1, 0.15) is 26.3 Å². The standard InChI is InChI=1S/C21H15BrClN3O3/c22-16-6-9-19(27)15(10-16)12-24-26-21(29)14-2-1-3-18(11-14)25-20(28)13-4-7-17(23)8-5-13/h1-12,27H,(H,25,28)(H,26,29)/b24-12+. The number of anilines is 1. The van der Waals surface area contributed by atoms with Crippen LogP contribution in [0.3, 0.4) is 0 Å². The van der Waals surface area contributed by atoms with E-state index in [1.165, 1.54) is 18.3 Å². The fourth-order valence-electron chi connectivity index (χ4n) is 2.40. The zero-order valence-corrected chi connectivity index (χ0v) is 17.2. The van der Waals surface area contributed by atoms with Crippen LogP contribution in [0.4, 0.5) is 5.69 Å². The van der Waals surface area contributed by atoms with E-state index in [1.54, 1.807) is 54.6 Å². The first kappa shape index (κ1) is 20.6. The molecule has 0 unspecified atom stereocenters. The van der Waals surface area contributed by atoms with Crippen molar-refractivity contribution in [3.63, 3.8) is 0 Å². The number of carbonyl (C=O) groups excluding carboxylic acids is 2. The topological polar surface area (TPSA) is 90.8 Å². The Balaban J connectivity index is 1.66. The monoisotopic (exact) mass is 471 g/mol. The summed E-state index contributed by atoms with van der Waals surface area (Å²) in [6, 6.07) is 17.8. The normalized spacial score (nSPS) is 10.7. The van der Waals surface area contributed by atoms with E-state index in [1.807, 2.05) is 0 Å². The second-order valence-electron chi connectivity index (χ2n) is 5.94. The molecule has 0 saturated heterocycles. The first-order valence-corrected chi connectivity index (χ1v) is 9.58. The van der Waals surface area contributed by atoms with E-state index in [2.05, 4.69) is 31.8 Å². The van der Waals surface area contributed by atoms with Gasteiger partial charge in [-0.05, 0) is 60.7 Å². The number of phenols is 1. The van der Waals surface area contributed by atoms with Gasteiger partial charge in [-0.1, -0.05) is 33.6 Å². The minimum atomic E-state index is -0.460. The van der Waals surface area contributed by atoms with E-state index in [-0.39, 0.29) is 11.7 Å². The summed E-state index contributed by atoms with van der Waals surface area (Å²) in [5.41, 5.74) is 4.06. The minimum absolute atomic E-state index is 0.0399. The van der Waals surface area contributed by atoms with Gasteiger partial charge in [0, 0.05) is 31.9 Å². The van der Waals surface area contributed by atoms with Crippen LogP contribution in [0.2, 0.25) is 5.02 Å². The highest BCUT2D eigenvalue weighted by Crippen LogP contribution is 2.20. The third-order valence-electron chi connectivity index (χ3n) is 3.85. The molecule has 3 aromatic carbocycles. The highest BCUT2D eigenvalue weighted by atomic mass is 79.9. The van der Waals surface area contributed by atoms with Crippen LogP contribution >= 0.6 is 27.5 Å². The number of nitrogens with zero attached hydrogens (tertiary/aromatic N) is 1. The number of nitrogens with one attached hydrogen (secondary N) is 2. The molecule has 3 N–H and O–H groups in total. The van der Waals surface area contributed by atoms with Crippen LogP contribution in [0.25, 0.3) is 0 Å². The Labute approximate surface area is 180 Å². The van der Waals surface area contributed by atoms with Gasteiger partial charge in [-0.3, -0.25) is 9.59 Å². The van der Waals surface area contributed by atoms with Crippen molar-refractivity contribution in [1.82, 2.24) is 5.43 Å². The van der Waals surface area contributed by atoms with Gasteiger partial charge < -0.3 is 10.4 Å². The first-order valence-electron chi connectivity index (χ1n) is 8.41. The molecule has 6 nitrogen and oxygen atoms in total. The maximum absolute atomic E-state index is 12.3. The lowest BCUT2D eigenvalue weighted by Gasteiger charge is -2.07. The second-order valence-corrected chi connectivity index (χ2v) is 7.30. The van der Waals surface area contributed by atoms with Crippen molar-refractivity contribution in [1.29, 1.82) is 0 Å². The van der Waals surface area contributed by atoms with E-state index < -0.39 is 5.91 Å². The molecule has 0 aromatic heterocycles. The Kier molecular flexibility index (Phi) is 6.64. The summed E-state index contributed by atoms with van der Waals surface area (Å²) >= 11 is 9.13. The van der Waals surface area contributed by atoms with E-state index in [0.717, 1.165) is 4.47 Å². The molecular formula is C21H15BrClN3O3. The third-order valence-corrected chi connectivity index (χ3v) is 4.59. The zero-order valence-electron chi connectivity index (χ0n) is 14.9. The van der Waals surface area contributed by atoms with Gasteiger partial charge in [0.15, 0.2) is 0 Å². The highest BCUT2D eigenvalue weighted by Gasteiger charge is 2.09. The average molecular weight is 473 g/mol. The number of carbonyl (C=O) groups is 2. The molecule has 0 saturated carbocycles. The maximum atomic E-state index is 12.3. The maximum Gasteiger partial charge on any atom is 0.271 e. The van der Waals surface area contributed by atoms with E-state index in [4.69, 9.17) is 11.6 Å². The largest absolute Gasteiger partial charge is 0.507 e. The number of benzene rings is 3. The van der Waals surface area contributed by atoms with Crippen molar-refractivity contribution >= 4 is 51.2 Å². The van der Waals surface area contributed by atoms with E-state index in [9.17, 15) is 14.7 Å². The summed E-state index contributed by atoms with van der Waals surface area (Å²) in [7, 11) is 0. The van der Waals surface area contributed by atoms with Crippen molar-refractivity contribution in [3.05, 3.63) is 92.9 Å². The molecule has 0 heterocycles. The van der Waals surface area contributed by atoms with Crippen molar-refractivity contribution in [3.8, 4) is 5.75 Å². The highest BCUT2D eigenvalue weighted by molar-refractivity contribution is 9.10. The predicted octanol–water partition coefficient (Wildman–Crippen LogP) is 4.82. The lowest BCUT2D eigenvalue weighted by atomic mass is 10.1. The van der Waals surface area contributed by atoms with Crippen LogP contribution < -0.4 is 10.7 Å². The number of hydrazone groups is 1.